The predicted octanol–water partition coefficient (Wildman–Crippen LogP) is 1.80. The van der Waals surface area contributed by atoms with Crippen LogP contribution in [0.2, 0.25) is 0 Å². The van der Waals surface area contributed by atoms with Crippen molar-refractivity contribution in [2.24, 2.45) is 0 Å². The van der Waals surface area contributed by atoms with E-state index in [-0.39, 0.29) is 6.61 Å². The third-order valence-electron chi connectivity index (χ3n) is 2.11. The second kappa shape index (κ2) is 4.00. The average molecular weight is 206 g/mol. The minimum Gasteiger partial charge on any atom is -0.450 e. The number of H-pyrrole nitrogens is 1. The van der Waals surface area contributed by atoms with Crippen LogP contribution in [0.15, 0.2) is 24.5 Å². The van der Waals surface area contributed by atoms with Gasteiger partial charge in [0, 0.05) is 18.8 Å². The third-order valence-corrected chi connectivity index (χ3v) is 2.11. The Morgan fingerprint density at radius 1 is 1.60 bits per heavy atom. The summed E-state index contributed by atoms with van der Waals surface area (Å²) in [5.74, 6) is 0. The largest absolute Gasteiger partial charge is 0.505 e. The Hall–Kier alpha value is -2.04. The number of ether oxygens (including phenoxy) is 1. The minimum absolute atomic E-state index is 0.152. The highest BCUT2D eigenvalue weighted by Gasteiger charge is 2.05. The van der Waals surface area contributed by atoms with E-state index in [1.165, 1.54) is 0 Å². The van der Waals surface area contributed by atoms with Crippen LogP contribution < -0.4 is 0 Å². The fraction of sp³-hybridized carbons (Fsp3) is 0.200. The lowest BCUT2D eigenvalue weighted by Crippen LogP contribution is -2.04. The van der Waals surface area contributed by atoms with Crippen LogP contribution in [-0.4, -0.2) is 27.8 Å². The number of hydrogen-bond acceptors (Lipinski definition) is 3. The van der Waals surface area contributed by atoms with Crippen molar-refractivity contribution in [2.75, 3.05) is 6.61 Å². The van der Waals surface area contributed by atoms with Crippen molar-refractivity contribution in [2.45, 2.75) is 6.42 Å². The highest BCUT2D eigenvalue weighted by Crippen LogP contribution is 2.15. The average Bonchev–Trinajstić information content (AvgIpc) is 2.62. The van der Waals surface area contributed by atoms with Gasteiger partial charge >= 0.3 is 6.16 Å². The Balaban J connectivity index is 2.11. The Morgan fingerprint density at radius 3 is 3.27 bits per heavy atom. The third kappa shape index (κ3) is 2.07. The number of aromatic amines is 1. The smallest absolute Gasteiger partial charge is 0.450 e. The van der Waals surface area contributed by atoms with Gasteiger partial charge in [-0.3, -0.25) is 4.98 Å². The molecule has 0 aromatic carbocycles. The number of fused-ring (bicyclic) bond motifs is 1. The molecule has 0 spiro atoms. The van der Waals surface area contributed by atoms with Gasteiger partial charge in [-0.15, -0.1) is 0 Å². The summed E-state index contributed by atoms with van der Waals surface area (Å²) < 4.78 is 4.44. The summed E-state index contributed by atoms with van der Waals surface area (Å²) in [6.45, 7) is 0.152. The zero-order valence-corrected chi connectivity index (χ0v) is 7.93. The van der Waals surface area contributed by atoms with Gasteiger partial charge < -0.3 is 14.8 Å². The van der Waals surface area contributed by atoms with Gasteiger partial charge in [-0.1, -0.05) is 0 Å². The highest BCUT2D eigenvalue weighted by atomic mass is 16.7. The molecule has 0 bridgehead atoms. The van der Waals surface area contributed by atoms with Gasteiger partial charge in [0.05, 0.1) is 17.6 Å². The molecule has 2 aromatic rings. The fourth-order valence-electron chi connectivity index (χ4n) is 1.45. The first kappa shape index (κ1) is 9.51. The maximum Gasteiger partial charge on any atom is 0.505 e. The summed E-state index contributed by atoms with van der Waals surface area (Å²) in [7, 11) is 0. The molecule has 78 valence electrons. The van der Waals surface area contributed by atoms with E-state index >= 15 is 0 Å². The van der Waals surface area contributed by atoms with E-state index in [1.54, 1.807) is 6.20 Å². The number of aromatic nitrogens is 2. The predicted molar refractivity (Wildman–Crippen MR) is 53.8 cm³/mol. The van der Waals surface area contributed by atoms with E-state index in [2.05, 4.69) is 14.7 Å². The number of nitrogens with zero attached hydrogens (tertiary/aromatic N) is 1. The molecule has 0 amide bonds. The summed E-state index contributed by atoms with van der Waals surface area (Å²) in [5.41, 5.74) is 2.78. The summed E-state index contributed by atoms with van der Waals surface area (Å²) in [4.78, 5) is 17.4. The van der Waals surface area contributed by atoms with Gasteiger partial charge in [-0.25, -0.2) is 4.79 Å². The number of pyridine rings is 1. The summed E-state index contributed by atoms with van der Waals surface area (Å²) >= 11 is 0. The van der Waals surface area contributed by atoms with Gasteiger partial charge in [-0.2, -0.15) is 0 Å². The molecule has 5 heteroatoms. The molecule has 0 aliphatic rings. The van der Waals surface area contributed by atoms with Crippen LogP contribution in [0.3, 0.4) is 0 Å². The van der Waals surface area contributed by atoms with Crippen LogP contribution in [0.4, 0.5) is 4.79 Å². The number of rotatable bonds is 3. The van der Waals surface area contributed by atoms with Gasteiger partial charge in [-0.05, 0) is 17.7 Å². The molecule has 0 saturated heterocycles. The van der Waals surface area contributed by atoms with Crippen LogP contribution in [0.1, 0.15) is 5.56 Å². The SMILES string of the molecule is O=C(O)OCCc1c[nH]c2cccnc12. The maximum absolute atomic E-state index is 10.1. The van der Waals surface area contributed by atoms with Gasteiger partial charge in [0.15, 0.2) is 0 Å². The van der Waals surface area contributed by atoms with Crippen LogP contribution in [0, 0.1) is 0 Å². The first-order valence-corrected chi connectivity index (χ1v) is 4.54. The van der Waals surface area contributed by atoms with Crippen LogP contribution in [0.25, 0.3) is 11.0 Å². The molecule has 2 heterocycles. The number of nitrogens with one attached hydrogen (secondary N) is 1. The summed E-state index contributed by atoms with van der Waals surface area (Å²) in [5, 5.41) is 8.31. The van der Waals surface area contributed by atoms with Crippen LogP contribution in [-0.2, 0) is 11.2 Å². The molecule has 2 rings (SSSR count). The molecule has 2 aromatic heterocycles. The van der Waals surface area contributed by atoms with Crippen molar-refractivity contribution in [3.63, 3.8) is 0 Å². The van der Waals surface area contributed by atoms with Crippen LogP contribution >= 0.6 is 0 Å². The standard InChI is InChI=1S/C10H10N2O3/c13-10(14)15-5-3-7-6-12-8-2-1-4-11-9(7)8/h1-2,4,6,12H,3,5H2,(H,13,14). The van der Waals surface area contributed by atoms with E-state index in [0.717, 1.165) is 16.6 Å². The number of hydrogen-bond donors (Lipinski definition) is 2. The number of carboxylic acid groups (broad SMARTS) is 1. The molecule has 5 nitrogen and oxygen atoms in total. The lowest BCUT2D eigenvalue weighted by Gasteiger charge is -1.98. The molecule has 0 aliphatic heterocycles. The molecule has 0 atom stereocenters. The molecular weight excluding hydrogens is 196 g/mol. The molecular formula is C10H10N2O3. The first-order valence-electron chi connectivity index (χ1n) is 4.54. The van der Waals surface area contributed by atoms with Gasteiger partial charge in [0.1, 0.15) is 0 Å². The van der Waals surface area contributed by atoms with Crippen LogP contribution in [0.5, 0.6) is 0 Å². The summed E-state index contributed by atoms with van der Waals surface area (Å²) in [6, 6.07) is 3.76. The quantitative estimate of drug-likeness (QED) is 0.751. The number of carbonyl (C=O) groups is 1. The fourth-order valence-corrected chi connectivity index (χ4v) is 1.45. The maximum atomic E-state index is 10.1. The van der Waals surface area contributed by atoms with Crippen molar-refractivity contribution in [1.82, 2.24) is 9.97 Å². The monoisotopic (exact) mass is 206 g/mol. The second-order valence-electron chi connectivity index (χ2n) is 3.08. The Bertz CT molecular complexity index is 478. The van der Waals surface area contributed by atoms with Crippen molar-refractivity contribution >= 4 is 17.2 Å². The lowest BCUT2D eigenvalue weighted by molar-refractivity contribution is 0.0928. The zero-order valence-electron chi connectivity index (χ0n) is 7.93. The molecule has 0 fully saturated rings. The lowest BCUT2D eigenvalue weighted by atomic mass is 10.2. The van der Waals surface area contributed by atoms with Crippen molar-refractivity contribution in [3.8, 4) is 0 Å². The molecule has 0 unspecified atom stereocenters. The van der Waals surface area contributed by atoms with Gasteiger partial charge in [0.2, 0.25) is 0 Å². The first-order chi connectivity index (χ1) is 7.27. The van der Waals surface area contributed by atoms with E-state index in [1.807, 2.05) is 18.3 Å². The van der Waals surface area contributed by atoms with E-state index in [0.29, 0.717) is 6.42 Å². The molecule has 0 saturated carbocycles. The molecule has 2 N–H and O–H groups in total. The van der Waals surface area contributed by atoms with Crippen molar-refractivity contribution in [3.05, 3.63) is 30.1 Å². The Morgan fingerprint density at radius 2 is 2.47 bits per heavy atom. The summed E-state index contributed by atoms with van der Waals surface area (Å²) in [6.07, 6.45) is 2.81. The van der Waals surface area contributed by atoms with Gasteiger partial charge in [0.25, 0.3) is 0 Å². The van der Waals surface area contributed by atoms with E-state index in [9.17, 15) is 4.79 Å². The normalized spacial score (nSPS) is 10.4. The molecule has 0 aliphatic carbocycles. The van der Waals surface area contributed by atoms with E-state index < -0.39 is 6.16 Å². The molecule has 15 heavy (non-hydrogen) atoms. The van der Waals surface area contributed by atoms with Crippen molar-refractivity contribution in [1.29, 1.82) is 0 Å². The highest BCUT2D eigenvalue weighted by molar-refractivity contribution is 5.78. The van der Waals surface area contributed by atoms with E-state index in [4.69, 9.17) is 5.11 Å². The topological polar surface area (TPSA) is 75.2 Å². The zero-order chi connectivity index (χ0) is 10.7. The Kier molecular flexibility index (Phi) is 2.53. The minimum atomic E-state index is -1.25. The van der Waals surface area contributed by atoms with Crippen molar-refractivity contribution < 1.29 is 14.6 Å². The molecule has 0 radical (unpaired) electrons. The second-order valence-corrected chi connectivity index (χ2v) is 3.08. The Labute approximate surface area is 85.7 Å².